The zero-order valence-electron chi connectivity index (χ0n) is 20.0. The van der Waals surface area contributed by atoms with Gasteiger partial charge in [-0.25, -0.2) is 0 Å². The highest BCUT2D eigenvalue weighted by Crippen LogP contribution is 2.80. The van der Waals surface area contributed by atoms with Gasteiger partial charge >= 0.3 is 0 Å². The number of primary amides is 2. The lowest BCUT2D eigenvalue weighted by Gasteiger charge is -2.48. The summed E-state index contributed by atoms with van der Waals surface area (Å²) in [7, 11) is 1.76. The smallest absolute Gasteiger partial charge is 0.229 e. The zero-order chi connectivity index (χ0) is 24.1. The molecule has 0 aromatic heterocycles. The van der Waals surface area contributed by atoms with Crippen molar-refractivity contribution in [1.82, 2.24) is 4.90 Å². The van der Waals surface area contributed by atoms with Crippen molar-refractivity contribution < 1.29 is 14.3 Å². The lowest BCUT2D eigenvalue weighted by molar-refractivity contribution is -0.143. The van der Waals surface area contributed by atoms with Crippen LogP contribution in [0.25, 0.3) is 0 Å². The summed E-state index contributed by atoms with van der Waals surface area (Å²) in [5.41, 5.74) is 11.2. The van der Waals surface area contributed by atoms with Gasteiger partial charge in [0.25, 0.3) is 0 Å². The lowest BCUT2D eigenvalue weighted by atomic mass is 9.52. The van der Waals surface area contributed by atoms with E-state index in [1.54, 1.807) is 7.11 Å². The molecular weight excluding hydrogens is 494 g/mol. The van der Waals surface area contributed by atoms with Gasteiger partial charge in [-0.15, -0.1) is 0 Å². The number of amides is 2. The van der Waals surface area contributed by atoms with Crippen LogP contribution in [0.2, 0.25) is 0 Å². The Hall–Kier alpha value is -1.70. The largest absolute Gasteiger partial charge is 0.383 e. The number of allylic oxidation sites excluding steroid dienone is 2. The summed E-state index contributed by atoms with van der Waals surface area (Å²) in [6.07, 6.45) is 11.1. The summed E-state index contributed by atoms with van der Waals surface area (Å²) in [4.78, 5) is 29.6. The molecule has 1 aromatic carbocycles. The van der Waals surface area contributed by atoms with E-state index in [4.69, 9.17) is 16.2 Å². The Morgan fingerprint density at radius 2 is 1.79 bits per heavy atom. The average molecular weight is 531 g/mol. The maximum absolute atomic E-state index is 13.5. The van der Waals surface area contributed by atoms with Gasteiger partial charge in [0.1, 0.15) is 0 Å². The molecule has 5 rings (SSSR count). The molecule has 2 amide bonds. The molecule has 1 heterocycles. The third kappa shape index (κ3) is 3.19. The summed E-state index contributed by atoms with van der Waals surface area (Å²) in [6, 6.07) is 8.25. The molecule has 4 N–H and O–H groups in total. The van der Waals surface area contributed by atoms with Crippen LogP contribution in [-0.4, -0.2) is 49.6 Å². The number of halogens is 1. The monoisotopic (exact) mass is 529 g/mol. The van der Waals surface area contributed by atoms with Crippen LogP contribution in [0, 0.1) is 22.7 Å². The number of nitrogens with zero attached hydrogens (tertiary/aromatic N) is 1. The number of carbonyl (C=O) groups is 2. The molecule has 0 radical (unpaired) electrons. The molecule has 1 saturated heterocycles. The second-order valence-electron chi connectivity index (χ2n) is 10.8. The van der Waals surface area contributed by atoms with Gasteiger partial charge in [-0.05, 0) is 80.6 Å². The Labute approximate surface area is 210 Å². The predicted octanol–water partition coefficient (Wildman–Crippen LogP) is 3.52. The van der Waals surface area contributed by atoms with Crippen molar-refractivity contribution in [2.75, 3.05) is 26.8 Å². The number of rotatable bonds is 10. The Kier molecular flexibility index (Phi) is 6.18. The van der Waals surface area contributed by atoms with Gasteiger partial charge in [0.2, 0.25) is 11.8 Å². The van der Waals surface area contributed by atoms with Crippen LogP contribution in [0.15, 0.2) is 40.9 Å². The van der Waals surface area contributed by atoms with E-state index in [-0.39, 0.29) is 23.2 Å². The summed E-state index contributed by atoms with van der Waals surface area (Å²) < 4.78 is 6.33. The summed E-state index contributed by atoms with van der Waals surface area (Å²) in [5, 5.41) is 0. The standard InChI is InChI=1S/C27H36BrN3O3/c1-34-17-20-5-4-16-31(20)15-3-2-12-26(23(29)32)21-10-11-22(25(21)13-14-25)27(26,24(30)33)18-6-8-19(28)9-7-18/h6-11,20-22H,2-5,12-17H2,1H3,(H2,29,32)(H2,30,33)/t20?,21-,22+,26+,27-/m1/s1. The molecule has 4 aliphatic rings. The number of carbonyl (C=O) groups excluding carboxylic acids is 2. The average Bonchev–Trinajstić information content (AvgIpc) is 3.27. The number of hydrogen-bond acceptors (Lipinski definition) is 4. The minimum absolute atomic E-state index is 0.0355. The summed E-state index contributed by atoms with van der Waals surface area (Å²) >= 11 is 3.51. The fourth-order valence-electron chi connectivity index (χ4n) is 8.10. The first-order chi connectivity index (χ1) is 16.3. The summed E-state index contributed by atoms with van der Waals surface area (Å²) in [6.45, 7) is 2.83. The molecule has 3 aliphatic carbocycles. The highest BCUT2D eigenvalue weighted by molar-refractivity contribution is 9.10. The Bertz CT molecular complexity index is 991. The maximum atomic E-state index is 13.5. The van der Waals surface area contributed by atoms with Crippen molar-refractivity contribution in [2.45, 2.75) is 56.4 Å². The molecule has 1 spiro atoms. The van der Waals surface area contributed by atoms with Gasteiger partial charge in [-0.3, -0.25) is 14.5 Å². The van der Waals surface area contributed by atoms with Crippen molar-refractivity contribution in [1.29, 1.82) is 0 Å². The van der Waals surface area contributed by atoms with Gasteiger partial charge < -0.3 is 16.2 Å². The number of ether oxygens (including phenoxy) is 1. The van der Waals surface area contributed by atoms with E-state index in [0.717, 1.165) is 55.4 Å². The molecule has 6 nitrogen and oxygen atoms in total. The molecule has 184 valence electrons. The molecule has 2 saturated carbocycles. The van der Waals surface area contributed by atoms with Gasteiger partial charge in [0, 0.05) is 23.5 Å². The molecule has 3 fully saturated rings. The third-order valence-corrected chi connectivity index (χ3v) is 10.0. The quantitative estimate of drug-likeness (QED) is 0.357. The Balaban J connectivity index is 1.48. The van der Waals surface area contributed by atoms with E-state index in [1.165, 1.54) is 12.8 Å². The summed E-state index contributed by atoms with van der Waals surface area (Å²) in [5.74, 6) is -0.917. The minimum atomic E-state index is -1.11. The molecule has 2 bridgehead atoms. The van der Waals surface area contributed by atoms with Crippen molar-refractivity contribution in [3.8, 4) is 0 Å². The van der Waals surface area contributed by atoms with Crippen molar-refractivity contribution in [2.24, 2.45) is 34.1 Å². The third-order valence-electron chi connectivity index (χ3n) is 9.52. The van der Waals surface area contributed by atoms with Crippen molar-refractivity contribution in [3.05, 3.63) is 46.5 Å². The lowest BCUT2D eigenvalue weighted by Crippen LogP contribution is -2.62. The van der Waals surface area contributed by atoms with Crippen molar-refractivity contribution >= 4 is 27.7 Å². The van der Waals surface area contributed by atoms with E-state index < -0.39 is 16.7 Å². The Morgan fingerprint density at radius 3 is 2.41 bits per heavy atom. The van der Waals surface area contributed by atoms with E-state index in [9.17, 15) is 9.59 Å². The number of benzene rings is 1. The molecule has 1 aromatic rings. The van der Waals surface area contributed by atoms with Gasteiger partial charge in [-0.2, -0.15) is 0 Å². The number of nitrogens with two attached hydrogens (primary N) is 2. The first-order valence-electron chi connectivity index (χ1n) is 12.6. The van der Waals surface area contributed by atoms with Gasteiger partial charge in [0.15, 0.2) is 0 Å². The van der Waals surface area contributed by atoms with Gasteiger partial charge in [0.05, 0.1) is 17.4 Å². The van der Waals surface area contributed by atoms with Crippen LogP contribution in [-0.2, 0) is 19.7 Å². The number of likely N-dealkylation sites (tertiary alicyclic amines) is 1. The predicted molar refractivity (Wildman–Crippen MR) is 135 cm³/mol. The van der Waals surface area contributed by atoms with Crippen LogP contribution < -0.4 is 11.5 Å². The van der Waals surface area contributed by atoms with E-state index in [0.29, 0.717) is 12.5 Å². The normalized spacial score (nSPS) is 35.3. The molecule has 1 aliphatic heterocycles. The second kappa shape index (κ2) is 8.75. The fraction of sp³-hybridized carbons (Fsp3) is 0.630. The highest BCUT2D eigenvalue weighted by atomic mass is 79.9. The first-order valence-corrected chi connectivity index (χ1v) is 13.4. The molecule has 5 atom stereocenters. The molecule has 7 heteroatoms. The van der Waals surface area contributed by atoms with E-state index in [1.807, 2.05) is 24.3 Å². The van der Waals surface area contributed by atoms with Crippen molar-refractivity contribution in [3.63, 3.8) is 0 Å². The van der Waals surface area contributed by atoms with Crippen LogP contribution in [0.1, 0.15) is 50.5 Å². The number of hydrogen-bond donors (Lipinski definition) is 2. The van der Waals surface area contributed by atoms with Crippen LogP contribution >= 0.6 is 15.9 Å². The first kappa shape index (κ1) is 24.0. The Morgan fingerprint density at radius 1 is 1.09 bits per heavy atom. The zero-order valence-corrected chi connectivity index (χ0v) is 21.6. The SMILES string of the molecule is COCC1CCCN1CCCC[C@@]1(C(N)=O)[C@@H]2C=C[C@@H](C23CC3)[C@@]1(C(N)=O)c1ccc(Br)cc1. The molecule has 34 heavy (non-hydrogen) atoms. The maximum Gasteiger partial charge on any atom is 0.229 e. The second-order valence-corrected chi connectivity index (χ2v) is 11.7. The topological polar surface area (TPSA) is 98.7 Å². The number of unbranched alkanes of at least 4 members (excludes halogenated alkanes) is 1. The van der Waals surface area contributed by atoms with Crippen LogP contribution in [0.3, 0.4) is 0 Å². The fourth-order valence-corrected chi connectivity index (χ4v) is 8.36. The molecule has 1 unspecified atom stereocenters. The van der Waals surface area contributed by atoms with E-state index in [2.05, 4.69) is 33.0 Å². The van der Waals surface area contributed by atoms with Gasteiger partial charge in [-0.1, -0.05) is 46.6 Å². The van der Waals surface area contributed by atoms with Crippen LogP contribution in [0.5, 0.6) is 0 Å². The molecular formula is C27H36BrN3O3. The van der Waals surface area contributed by atoms with Crippen LogP contribution in [0.4, 0.5) is 0 Å². The highest BCUT2D eigenvalue weighted by Gasteiger charge is 2.82. The van der Waals surface area contributed by atoms with E-state index >= 15 is 0 Å². The number of methoxy groups -OCH3 is 1. The minimum Gasteiger partial charge on any atom is -0.383 e.